The molecule has 0 saturated carbocycles. The average molecular weight is 406 g/mol. The van der Waals surface area contributed by atoms with Gasteiger partial charge in [0.25, 0.3) is 0 Å². The van der Waals surface area contributed by atoms with Gasteiger partial charge in [-0.25, -0.2) is 0 Å². The highest BCUT2D eigenvalue weighted by atomic mass is 127. The third-order valence-corrected chi connectivity index (χ3v) is 4.82. The van der Waals surface area contributed by atoms with Crippen molar-refractivity contribution in [3.8, 4) is 0 Å². The molecule has 1 fully saturated rings. The zero-order valence-electron chi connectivity index (χ0n) is 11.8. The quantitative estimate of drug-likeness (QED) is 0.448. The molecule has 1 aromatic rings. The van der Waals surface area contributed by atoms with Crippen LogP contribution in [-0.2, 0) is 6.42 Å². The maximum absolute atomic E-state index is 5.88. The number of nitrogens with one attached hydrogen (secondary N) is 1. The zero-order chi connectivity index (χ0) is 13.6. The van der Waals surface area contributed by atoms with Gasteiger partial charge in [0.2, 0.25) is 0 Å². The Hall–Kier alpha value is -0.500. The number of nitrogens with zero attached hydrogens (tertiary/aromatic N) is 2. The van der Waals surface area contributed by atoms with Gasteiger partial charge in [0.05, 0.1) is 6.54 Å². The molecule has 6 heteroatoms. The molecule has 0 spiro atoms. The summed E-state index contributed by atoms with van der Waals surface area (Å²) in [5.41, 5.74) is 6.95. The third-order valence-electron chi connectivity index (χ3n) is 3.30. The molecular formula is C14H23IN4S. The highest BCUT2D eigenvalue weighted by Gasteiger charge is 2.28. The van der Waals surface area contributed by atoms with Crippen molar-refractivity contribution in [2.45, 2.75) is 30.9 Å². The number of rotatable bonds is 5. The molecule has 1 saturated heterocycles. The molecule has 20 heavy (non-hydrogen) atoms. The largest absolute Gasteiger partial charge is 0.370 e. The summed E-state index contributed by atoms with van der Waals surface area (Å²) in [7, 11) is 0. The van der Waals surface area contributed by atoms with E-state index < -0.39 is 0 Å². The molecule has 0 amide bonds. The molecule has 0 radical (unpaired) electrons. The fraction of sp³-hybridized carbons (Fsp3) is 0.571. The minimum Gasteiger partial charge on any atom is -0.370 e. The Bertz CT molecular complexity index is 418. The molecular weight excluding hydrogens is 383 g/mol. The van der Waals surface area contributed by atoms with E-state index >= 15 is 0 Å². The number of guanidine groups is 1. The molecule has 0 bridgehead atoms. The SMILES string of the molecule is CC1(CN=C(N)NCCc2ccccn2)CCCS1.I. The summed E-state index contributed by atoms with van der Waals surface area (Å²) in [6, 6.07) is 5.94. The topological polar surface area (TPSA) is 63.3 Å². The van der Waals surface area contributed by atoms with Gasteiger partial charge in [0, 0.05) is 29.6 Å². The molecule has 0 aromatic carbocycles. The molecule has 3 N–H and O–H groups in total. The van der Waals surface area contributed by atoms with Gasteiger partial charge < -0.3 is 11.1 Å². The van der Waals surface area contributed by atoms with Gasteiger partial charge >= 0.3 is 0 Å². The second-order valence-corrected chi connectivity index (χ2v) is 6.78. The van der Waals surface area contributed by atoms with Gasteiger partial charge in [-0.05, 0) is 37.7 Å². The van der Waals surface area contributed by atoms with Crippen LogP contribution in [0.5, 0.6) is 0 Å². The van der Waals surface area contributed by atoms with Crippen molar-refractivity contribution in [3.63, 3.8) is 0 Å². The van der Waals surface area contributed by atoms with Crippen molar-refractivity contribution in [1.82, 2.24) is 10.3 Å². The number of nitrogens with two attached hydrogens (primary N) is 1. The lowest BCUT2D eigenvalue weighted by atomic mass is 10.1. The van der Waals surface area contributed by atoms with Gasteiger partial charge in [-0.15, -0.1) is 24.0 Å². The predicted molar refractivity (Wildman–Crippen MR) is 97.9 cm³/mol. The minimum absolute atomic E-state index is 0. The van der Waals surface area contributed by atoms with E-state index in [2.05, 4.69) is 22.2 Å². The summed E-state index contributed by atoms with van der Waals surface area (Å²) < 4.78 is 0.285. The Balaban J connectivity index is 0.00000200. The summed E-state index contributed by atoms with van der Waals surface area (Å²) in [4.78, 5) is 8.72. The molecule has 1 unspecified atom stereocenters. The van der Waals surface area contributed by atoms with E-state index in [-0.39, 0.29) is 28.7 Å². The minimum atomic E-state index is 0. The highest BCUT2D eigenvalue weighted by molar-refractivity contribution is 14.0. The smallest absolute Gasteiger partial charge is 0.188 e. The van der Waals surface area contributed by atoms with Crippen LogP contribution in [0.1, 0.15) is 25.5 Å². The molecule has 1 aliphatic heterocycles. The summed E-state index contributed by atoms with van der Waals surface area (Å²) in [5.74, 6) is 1.80. The number of hydrogen-bond acceptors (Lipinski definition) is 3. The Labute approximate surface area is 142 Å². The van der Waals surface area contributed by atoms with Gasteiger partial charge in [-0.1, -0.05) is 6.07 Å². The lowest BCUT2D eigenvalue weighted by Gasteiger charge is -2.19. The fourth-order valence-corrected chi connectivity index (χ4v) is 3.36. The first kappa shape index (κ1) is 17.6. The van der Waals surface area contributed by atoms with E-state index in [1.807, 2.05) is 36.2 Å². The molecule has 4 nitrogen and oxygen atoms in total. The molecule has 2 heterocycles. The predicted octanol–water partition coefficient (Wildman–Crippen LogP) is 2.43. The van der Waals surface area contributed by atoms with Gasteiger partial charge in [0.15, 0.2) is 5.96 Å². The number of aromatic nitrogens is 1. The third kappa shape index (κ3) is 5.87. The summed E-state index contributed by atoms with van der Waals surface area (Å²) in [5, 5.41) is 3.15. The number of halogens is 1. The summed E-state index contributed by atoms with van der Waals surface area (Å²) in [6.07, 6.45) is 5.21. The summed E-state index contributed by atoms with van der Waals surface area (Å²) in [6.45, 7) is 3.85. The van der Waals surface area contributed by atoms with Crippen LogP contribution in [0.4, 0.5) is 0 Å². The Morgan fingerprint density at radius 2 is 2.40 bits per heavy atom. The Kier molecular flexibility index (Phi) is 7.65. The van der Waals surface area contributed by atoms with Crippen LogP contribution in [0.15, 0.2) is 29.4 Å². The number of aliphatic imine (C=N–C) groups is 1. The maximum Gasteiger partial charge on any atom is 0.188 e. The van der Waals surface area contributed by atoms with Crippen molar-refractivity contribution in [3.05, 3.63) is 30.1 Å². The lowest BCUT2D eigenvalue weighted by molar-refractivity contribution is 0.616. The monoisotopic (exact) mass is 406 g/mol. The second-order valence-electron chi connectivity index (χ2n) is 5.10. The number of pyridine rings is 1. The van der Waals surface area contributed by atoms with Crippen LogP contribution < -0.4 is 11.1 Å². The number of thioether (sulfide) groups is 1. The fourth-order valence-electron chi connectivity index (χ4n) is 2.13. The maximum atomic E-state index is 5.88. The van der Waals surface area contributed by atoms with Crippen LogP contribution in [-0.4, -0.2) is 34.5 Å². The van der Waals surface area contributed by atoms with E-state index in [9.17, 15) is 0 Å². The molecule has 2 rings (SSSR count). The molecule has 1 atom stereocenters. The second kappa shape index (κ2) is 8.71. The van der Waals surface area contributed by atoms with E-state index in [4.69, 9.17) is 5.73 Å². The van der Waals surface area contributed by atoms with Crippen LogP contribution >= 0.6 is 35.7 Å². The Morgan fingerprint density at radius 3 is 3.05 bits per heavy atom. The van der Waals surface area contributed by atoms with Gasteiger partial charge in [-0.3, -0.25) is 9.98 Å². The molecule has 1 aliphatic rings. The van der Waals surface area contributed by atoms with Gasteiger partial charge in [0.1, 0.15) is 0 Å². The van der Waals surface area contributed by atoms with E-state index in [0.29, 0.717) is 5.96 Å². The van der Waals surface area contributed by atoms with E-state index in [1.165, 1.54) is 18.6 Å². The molecule has 1 aromatic heterocycles. The standard InChI is InChI=1S/C14H22N4S.HI/c1-14(7-4-10-19-14)11-18-13(15)17-9-6-12-5-2-3-8-16-12;/h2-3,5,8H,4,6-7,9-11H2,1H3,(H3,15,17,18);1H. The van der Waals surface area contributed by atoms with Crippen molar-refractivity contribution in [2.75, 3.05) is 18.8 Å². The van der Waals surface area contributed by atoms with Crippen LogP contribution in [0.2, 0.25) is 0 Å². The lowest BCUT2D eigenvalue weighted by Crippen LogP contribution is -2.35. The first-order chi connectivity index (χ1) is 9.18. The average Bonchev–Trinajstić information content (AvgIpc) is 2.85. The first-order valence-electron chi connectivity index (χ1n) is 6.76. The zero-order valence-corrected chi connectivity index (χ0v) is 15.0. The highest BCUT2D eigenvalue weighted by Crippen LogP contribution is 2.37. The van der Waals surface area contributed by atoms with Crippen LogP contribution in [0.25, 0.3) is 0 Å². The number of hydrogen-bond donors (Lipinski definition) is 2. The first-order valence-corrected chi connectivity index (χ1v) is 7.74. The van der Waals surface area contributed by atoms with Gasteiger partial charge in [-0.2, -0.15) is 11.8 Å². The normalized spacial score (nSPS) is 22.4. The van der Waals surface area contributed by atoms with Crippen molar-refractivity contribution in [2.24, 2.45) is 10.7 Å². The van der Waals surface area contributed by atoms with E-state index in [0.717, 1.165) is 25.2 Å². The van der Waals surface area contributed by atoms with Crippen LogP contribution in [0.3, 0.4) is 0 Å². The van der Waals surface area contributed by atoms with Crippen molar-refractivity contribution >= 4 is 41.7 Å². The van der Waals surface area contributed by atoms with Crippen molar-refractivity contribution in [1.29, 1.82) is 0 Å². The Morgan fingerprint density at radius 1 is 1.55 bits per heavy atom. The summed E-state index contributed by atoms with van der Waals surface area (Å²) >= 11 is 2.01. The van der Waals surface area contributed by atoms with E-state index in [1.54, 1.807) is 0 Å². The van der Waals surface area contributed by atoms with Crippen LogP contribution in [0, 0.1) is 0 Å². The van der Waals surface area contributed by atoms with Crippen molar-refractivity contribution < 1.29 is 0 Å². The molecule has 112 valence electrons. The molecule has 0 aliphatic carbocycles.